The van der Waals surface area contributed by atoms with Crippen molar-refractivity contribution in [3.8, 4) is 0 Å². The van der Waals surface area contributed by atoms with E-state index in [1.165, 1.54) is 17.8 Å². The molecule has 0 radical (unpaired) electrons. The van der Waals surface area contributed by atoms with Gasteiger partial charge in [0.1, 0.15) is 6.61 Å². The van der Waals surface area contributed by atoms with E-state index in [9.17, 15) is 9.59 Å². The largest absolute Gasteiger partial charge is 0.458 e. The van der Waals surface area contributed by atoms with Crippen molar-refractivity contribution >= 4 is 51.4 Å². The highest BCUT2D eigenvalue weighted by molar-refractivity contribution is 14.1. The fraction of sp³-hybridized carbons (Fsp3) is 0.278. The average molecular weight is 468 g/mol. The van der Waals surface area contributed by atoms with E-state index in [-0.39, 0.29) is 12.5 Å². The monoisotopic (exact) mass is 468 g/mol. The van der Waals surface area contributed by atoms with E-state index >= 15 is 0 Å². The fourth-order valence-electron chi connectivity index (χ4n) is 2.83. The zero-order valence-corrected chi connectivity index (χ0v) is 16.7. The van der Waals surface area contributed by atoms with E-state index in [4.69, 9.17) is 4.74 Å². The van der Waals surface area contributed by atoms with E-state index in [1.54, 1.807) is 11.8 Å². The van der Waals surface area contributed by atoms with E-state index in [1.807, 2.05) is 24.3 Å². The fourth-order valence-corrected chi connectivity index (χ4v) is 4.20. The molecule has 1 fully saturated rings. The van der Waals surface area contributed by atoms with Gasteiger partial charge in [0.2, 0.25) is 5.91 Å². The summed E-state index contributed by atoms with van der Waals surface area (Å²) in [5.41, 5.74) is 1.86. The summed E-state index contributed by atoms with van der Waals surface area (Å²) in [6.07, 6.45) is 1.95. The summed E-state index contributed by atoms with van der Waals surface area (Å²) >= 11 is 3.77. The third-order valence-electron chi connectivity index (χ3n) is 3.94. The van der Waals surface area contributed by atoms with Crippen LogP contribution in [0.4, 0.5) is 0 Å². The molecular weight excluding hydrogens is 451 g/mol. The zero-order chi connectivity index (χ0) is 18.0. The van der Waals surface area contributed by atoms with Crippen LogP contribution in [-0.4, -0.2) is 34.3 Å². The molecule has 1 atom stereocenters. The number of carbonyl (C=O) groups is 2. The van der Waals surface area contributed by atoms with E-state index in [0.717, 1.165) is 9.13 Å². The van der Waals surface area contributed by atoms with Crippen molar-refractivity contribution < 1.29 is 14.3 Å². The maximum Gasteiger partial charge on any atom is 0.338 e. The number of esters is 1. The molecule has 1 aromatic carbocycles. The maximum atomic E-state index is 12.7. The van der Waals surface area contributed by atoms with Gasteiger partial charge in [0.15, 0.2) is 5.17 Å². The molecule has 1 amide bonds. The molecule has 0 bridgehead atoms. The number of amides is 1. The van der Waals surface area contributed by atoms with Crippen LogP contribution in [0.25, 0.3) is 0 Å². The van der Waals surface area contributed by atoms with Crippen molar-refractivity contribution in [3.63, 3.8) is 0 Å². The van der Waals surface area contributed by atoms with Gasteiger partial charge in [-0.3, -0.25) is 9.69 Å². The third-order valence-corrected chi connectivity index (χ3v) is 5.62. The van der Waals surface area contributed by atoms with E-state index in [0.29, 0.717) is 28.6 Å². The van der Waals surface area contributed by atoms with Gasteiger partial charge < -0.3 is 4.74 Å². The quantitative estimate of drug-likeness (QED) is 0.385. The van der Waals surface area contributed by atoms with Crippen LogP contribution in [0.15, 0.2) is 53.2 Å². The number of benzene rings is 1. The number of aliphatic imine (C=N–C) groups is 1. The summed E-state index contributed by atoms with van der Waals surface area (Å²) in [6.45, 7) is 5.48. The average Bonchev–Trinajstić information content (AvgIpc) is 2.59. The van der Waals surface area contributed by atoms with Crippen LogP contribution in [0.1, 0.15) is 24.9 Å². The van der Waals surface area contributed by atoms with Crippen LogP contribution in [0.2, 0.25) is 0 Å². The molecule has 3 rings (SSSR count). The Hall–Kier alpha value is -1.61. The van der Waals surface area contributed by atoms with Crippen LogP contribution >= 0.6 is 34.4 Å². The van der Waals surface area contributed by atoms with Crippen LogP contribution in [0.3, 0.4) is 0 Å². The Morgan fingerprint density at radius 2 is 2.20 bits per heavy atom. The number of hydrogen-bond donors (Lipinski definition) is 0. The van der Waals surface area contributed by atoms with Gasteiger partial charge in [-0.25, -0.2) is 9.79 Å². The van der Waals surface area contributed by atoms with E-state index < -0.39 is 12.0 Å². The molecule has 0 N–H and O–H groups in total. The number of nitrogens with zero attached hydrogens (tertiary/aromatic N) is 2. The lowest BCUT2D eigenvalue weighted by Crippen LogP contribution is -2.45. The third kappa shape index (κ3) is 3.67. The number of halogens is 1. The molecule has 1 aromatic rings. The van der Waals surface area contributed by atoms with Gasteiger partial charge in [-0.05, 0) is 47.2 Å². The van der Waals surface area contributed by atoms with Crippen LogP contribution in [-0.2, 0) is 14.3 Å². The topological polar surface area (TPSA) is 59.0 Å². The van der Waals surface area contributed by atoms with Crippen LogP contribution < -0.4 is 0 Å². The lowest BCUT2D eigenvalue weighted by molar-refractivity contribution is -0.139. The molecule has 5 nitrogen and oxygen atoms in total. The minimum atomic E-state index is -0.512. The summed E-state index contributed by atoms with van der Waals surface area (Å²) < 4.78 is 6.35. The molecular formula is C18H17IN2O3S. The standard InChI is InChI=1S/C18H17IN2O3S/c1-3-9-24-17(23)15-11(2)20-18-21(14(22)8-10-25-18)16(15)12-4-6-13(19)7-5-12/h3-7,16H,1,8-10H2,2H3/t16-/m0/s1. The summed E-state index contributed by atoms with van der Waals surface area (Å²) in [5.74, 6) is 0.214. The Kier molecular flexibility index (Phi) is 5.63. The molecule has 0 saturated carbocycles. The predicted molar refractivity (Wildman–Crippen MR) is 107 cm³/mol. The van der Waals surface area contributed by atoms with Crippen molar-refractivity contribution in [1.82, 2.24) is 4.90 Å². The van der Waals surface area contributed by atoms with Gasteiger partial charge in [0.05, 0.1) is 17.3 Å². The van der Waals surface area contributed by atoms with E-state index in [2.05, 4.69) is 34.2 Å². The summed E-state index contributed by atoms with van der Waals surface area (Å²) in [4.78, 5) is 31.4. The summed E-state index contributed by atoms with van der Waals surface area (Å²) in [5, 5.41) is 0.651. The normalized spacial score (nSPS) is 20.1. The summed E-state index contributed by atoms with van der Waals surface area (Å²) in [7, 11) is 0. The van der Waals surface area contributed by atoms with Crippen molar-refractivity contribution in [3.05, 3.63) is 57.3 Å². The van der Waals surface area contributed by atoms with Gasteiger partial charge >= 0.3 is 5.97 Å². The number of rotatable bonds is 4. The van der Waals surface area contributed by atoms with Crippen molar-refractivity contribution in [1.29, 1.82) is 0 Å². The van der Waals surface area contributed by atoms with Gasteiger partial charge in [0.25, 0.3) is 0 Å². The second kappa shape index (κ2) is 7.74. The molecule has 2 heterocycles. The Labute approximate surface area is 164 Å². The molecule has 0 spiro atoms. The second-order valence-electron chi connectivity index (χ2n) is 5.60. The Morgan fingerprint density at radius 3 is 2.88 bits per heavy atom. The number of ether oxygens (including phenoxy) is 1. The van der Waals surface area contributed by atoms with Gasteiger partial charge in [0, 0.05) is 15.7 Å². The summed E-state index contributed by atoms with van der Waals surface area (Å²) in [6, 6.07) is 7.30. The van der Waals surface area contributed by atoms with Crippen LogP contribution in [0, 0.1) is 3.57 Å². The Morgan fingerprint density at radius 1 is 1.48 bits per heavy atom. The first kappa shape index (κ1) is 18.2. The lowest BCUT2D eigenvalue weighted by atomic mass is 9.94. The predicted octanol–water partition coefficient (Wildman–Crippen LogP) is 3.67. The minimum absolute atomic E-state index is 0.0254. The molecule has 130 valence electrons. The first-order chi connectivity index (χ1) is 12.0. The zero-order valence-electron chi connectivity index (χ0n) is 13.7. The molecule has 7 heteroatoms. The van der Waals surface area contributed by atoms with Gasteiger partial charge in [-0.2, -0.15) is 0 Å². The maximum absolute atomic E-state index is 12.7. The minimum Gasteiger partial charge on any atom is -0.458 e. The SMILES string of the molecule is C=CCOC(=O)C1=C(C)N=C2SCCC(=O)N2[C@H]1c1ccc(I)cc1. The number of fused-ring (bicyclic) bond motifs is 1. The highest BCUT2D eigenvalue weighted by Gasteiger charge is 2.41. The molecule has 25 heavy (non-hydrogen) atoms. The molecule has 0 unspecified atom stereocenters. The molecule has 1 saturated heterocycles. The number of amidine groups is 1. The number of hydrogen-bond acceptors (Lipinski definition) is 5. The second-order valence-corrected chi connectivity index (χ2v) is 7.90. The highest BCUT2D eigenvalue weighted by Crippen LogP contribution is 2.40. The first-order valence-electron chi connectivity index (χ1n) is 7.80. The Balaban J connectivity index is 2.11. The van der Waals surface area contributed by atoms with Crippen LogP contribution in [0.5, 0.6) is 0 Å². The molecule has 0 aromatic heterocycles. The smallest absolute Gasteiger partial charge is 0.338 e. The lowest BCUT2D eigenvalue weighted by Gasteiger charge is -2.38. The van der Waals surface area contributed by atoms with Gasteiger partial charge in [-0.1, -0.05) is 36.5 Å². The van der Waals surface area contributed by atoms with Crippen molar-refractivity contribution in [2.45, 2.75) is 19.4 Å². The van der Waals surface area contributed by atoms with Crippen molar-refractivity contribution in [2.75, 3.05) is 12.4 Å². The number of carbonyl (C=O) groups excluding carboxylic acids is 2. The molecule has 0 aliphatic carbocycles. The molecule has 2 aliphatic heterocycles. The van der Waals surface area contributed by atoms with Gasteiger partial charge in [-0.15, -0.1) is 0 Å². The highest BCUT2D eigenvalue weighted by atomic mass is 127. The first-order valence-corrected chi connectivity index (χ1v) is 9.87. The molecule has 2 aliphatic rings. The Bertz CT molecular complexity index is 786. The number of allylic oxidation sites excluding steroid dienone is 1. The van der Waals surface area contributed by atoms with Crippen molar-refractivity contribution in [2.24, 2.45) is 4.99 Å². The number of thioether (sulfide) groups is 1.